The zero-order chi connectivity index (χ0) is 24.6. The third kappa shape index (κ3) is 7.09. The van der Waals surface area contributed by atoms with Crippen LogP contribution in [0.4, 0.5) is 0 Å². The molecule has 36 heavy (non-hydrogen) atoms. The normalized spacial score (nSPS) is 30.8. The predicted octanol–water partition coefficient (Wildman–Crippen LogP) is 8.64. The molecule has 0 heterocycles. The van der Waals surface area contributed by atoms with Crippen LogP contribution in [0.25, 0.3) is 0 Å². The Bertz CT molecular complexity index is 620. The SMILES string of the molecule is O=C(C1CCCC(CN(C2CCCCC2)C2CCCCC2)C1)N(C1CCCCCC1)C1CCCCC1. The highest BCUT2D eigenvalue weighted by atomic mass is 16.2. The van der Waals surface area contributed by atoms with Crippen molar-refractivity contribution in [2.45, 2.75) is 185 Å². The maximum absolute atomic E-state index is 14.4. The van der Waals surface area contributed by atoms with Crippen LogP contribution in [0.5, 0.6) is 0 Å². The third-order valence-electron chi connectivity index (χ3n) is 11.1. The fourth-order valence-electron chi connectivity index (χ4n) is 9.16. The summed E-state index contributed by atoms with van der Waals surface area (Å²) in [5.41, 5.74) is 0. The first kappa shape index (κ1) is 27.0. The van der Waals surface area contributed by atoms with Crippen LogP contribution in [0.1, 0.15) is 161 Å². The standard InChI is InChI=1S/C33H58N2O/c36-33(35(32-23-12-5-13-24-32)31-21-6-1-2-7-22-31)28-16-14-15-27(25-28)26-34(29-17-8-3-9-18-29)30-19-10-4-11-20-30/h27-32H,1-26H2. The van der Waals surface area contributed by atoms with Crippen LogP contribution in [-0.4, -0.2) is 46.4 Å². The monoisotopic (exact) mass is 498 g/mol. The van der Waals surface area contributed by atoms with E-state index in [0.717, 1.165) is 24.4 Å². The lowest BCUT2D eigenvalue weighted by atomic mass is 9.78. The molecule has 0 radical (unpaired) electrons. The number of rotatable bonds is 7. The van der Waals surface area contributed by atoms with E-state index in [1.807, 2.05) is 0 Å². The molecule has 0 bridgehead atoms. The zero-order valence-corrected chi connectivity index (χ0v) is 23.7. The molecule has 206 valence electrons. The van der Waals surface area contributed by atoms with Crippen molar-refractivity contribution in [3.63, 3.8) is 0 Å². The topological polar surface area (TPSA) is 23.6 Å². The lowest BCUT2D eigenvalue weighted by molar-refractivity contribution is -0.143. The molecule has 5 saturated carbocycles. The molecular formula is C33H58N2O. The number of hydrogen-bond donors (Lipinski definition) is 0. The molecule has 3 nitrogen and oxygen atoms in total. The molecule has 5 fully saturated rings. The van der Waals surface area contributed by atoms with Gasteiger partial charge in [0.2, 0.25) is 5.91 Å². The quantitative estimate of drug-likeness (QED) is 0.328. The number of carbonyl (C=O) groups excluding carboxylic acids is 1. The van der Waals surface area contributed by atoms with Gasteiger partial charge >= 0.3 is 0 Å². The van der Waals surface area contributed by atoms with Gasteiger partial charge < -0.3 is 4.90 Å². The van der Waals surface area contributed by atoms with Gasteiger partial charge in [-0.3, -0.25) is 9.69 Å². The van der Waals surface area contributed by atoms with Gasteiger partial charge in [0.25, 0.3) is 0 Å². The molecule has 0 aromatic heterocycles. The van der Waals surface area contributed by atoms with Crippen LogP contribution in [0, 0.1) is 11.8 Å². The van der Waals surface area contributed by atoms with Gasteiger partial charge in [-0.15, -0.1) is 0 Å². The predicted molar refractivity (Wildman–Crippen MR) is 151 cm³/mol. The molecule has 2 unspecified atom stereocenters. The second kappa shape index (κ2) is 14.0. The highest BCUT2D eigenvalue weighted by Crippen LogP contribution is 2.38. The van der Waals surface area contributed by atoms with Gasteiger partial charge in [0.15, 0.2) is 0 Å². The van der Waals surface area contributed by atoms with Gasteiger partial charge in [-0.05, 0) is 76.5 Å². The van der Waals surface area contributed by atoms with E-state index in [1.165, 1.54) is 161 Å². The number of carbonyl (C=O) groups is 1. The molecular weight excluding hydrogens is 440 g/mol. The van der Waals surface area contributed by atoms with Gasteiger partial charge in [0, 0.05) is 36.6 Å². The van der Waals surface area contributed by atoms with Crippen molar-refractivity contribution < 1.29 is 4.79 Å². The maximum atomic E-state index is 14.4. The summed E-state index contributed by atoms with van der Waals surface area (Å²) in [7, 11) is 0. The molecule has 2 atom stereocenters. The van der Waals surface area contributed by atoms with Crippen LogP contribution in [-0.2, 0) is 4.79 Å². The molecule has 0 aromatic rings. The van der Waals surface area contributed by atoms with E-state index in [0.29, 0.717) is 23.9 Å². The Labute approximate surface area is 223 Å². The van der Waals surface area contributed by atoms with Gasteiger partial charge in [-0.1, -0.05) is 89.9 Å². The molecule has 0 spiro atoms. The van der Waals surface area contributed by atoms with Crippen molar-refractivity contribution in [2.24, 2.45) is 11.8 Å². The molecule has 5 aliphatic rings. The highest BCUT2D eigenvalue weighted by molar-refractivity contribution is 5.79. The summed E-state index contributed by atoms with van der Waals surface area (Å²) in [6.45, 7) is 1.30. The average Bonchev–Trinajstić information content (AvgIpc) is 3.23. The summed E-state index contributed by atoms with van der Waals surface area (Å²) in [5, 5.41) is 0. The fourth-order valence-corrected chi connectivity index (χ4v) is 9.16. The third-order valence-corrected chi connectivity index (χ3v) is 11.1. The van der Waals surface area contributed by atoms with Crippen molar-refractivity contribution in [2.75, 3.05) is 6.54 Å². The molecule has 0 N–H and O–H groups in total. The van der Waals surface area contributed by atoms with E-state index in [2.05, 4.69) is 9.80 Å². The first-order valence-electron chi connectivity index (χ1n) is 16.9. The summed E-state index contributed by atoms with van der Waals surface area (Å²) < 4.78 is 0. The summed E-state index contributed by atoms with van der Waals surface area (Å²) in [5.74, 6) is 1.66. The van der Waals surface area contributed by atoms with E-state index >= 15 is 0 Å². The van der Waals surface area contributed by atoms with Crippen LogP contribution in [0.2, 0.25) is 0 Å². The molecule has 5 rings (SSSR count). The second-order valence-electron chi connectivity index (χ2n) is 13.7. The van der Waals surface area contributed by atoms with Crippen molar-refractivity contribution >= 4 is 5.91 Å². The Morgan fingerprint density at radius 3 is 1.36 bits per heavy atom. The zero-order valence-electron chi connectivity index (χ0n) is 23.7. The van der Waals surface area contributed by atoms with Gasteiger partial charge in [0.1, 0.15) is 0 Å². The Kier molecular flexibility index (Phi) is 10.5. The first-order valence-corrected chi connectivity index (χ1v) is 16.9. The number of amides is 1. The van der Waals surface area contributed by atoms with E-state index in [4.69, 9.17) is 0 Å². The van der Waals surface area contributed by atoms with Crippen LogP contribution in [0.3, 0.4) is 0 Å². The van der Waals surface area contributed by atoms with E-state index in [9.17, 15) is 4.79 Å². The summed E-state index contributed by atoms with van der Waals surface area (Å²) in [6.07, 6.45) is 34.0. The van der Waals surface area contributed by atoms with E-state index < -0.39 is 0 Å². The molecule has 5 aliphatic carbocycles. The number of nitrogens with zero attached hydrogens (tertiary/aromatic N) is 2. The minimum absolute atomic E-state index is 0.313. The molecule has 0 aliphatic heterocycles. The van der Waals surface area contributed by atoms with Crippen molar-refractivity contribution in [3.05, 3.63) is 0 Å². The maximum Gasteiger partial charge on any atom is 0.226 e. The van der Waals surface area contributed by atoms with E-state index in [-0.39, 0.29) is 0 Å². The van der Waals surface area contributed by atoms with Gasteiger partial charge in [0.05, 0.1) is 0 Å². The van der Waals surface area contributed by atoms with Crippen molar-refractivity contribution in [3.8, 4) is 0 Å². The minimum Gasteiger partial charge on any atom is -0.336 e. The van der Waals surface area contributed by atoms with Crippen LogP contribution < -0.4 is 0 Å². The van der Waals surface area contributed by atoms with Crippen LogP contribution in [0.15, 0.2) is 0 Å². The smallest absolute Gasteiger partial charge is 0.226 e. The first-order chi connectivity index (χ1) is 17.8. The number of hydrogen-bond acceptors (Lipinski definition) is 2. The Morgan fingerprint density at radius 2 is 0.889 bits per heavy atom. The molecule has 0 saturated heterocycles. The fraction of sp³-hybridized carbons (Fsp3) is 0.970. The lowest BCUT2D eigenvalue weighted by Crippen LogP contribution is -2.52. The average molecular weight is 499 g/mol. The summed E-state index contributed by atoms with van der Waals surface area (Å²) >= 11 is 0. The summed E-state index contributed by atoms with van der Waals surface area (Å²) in [4.78, 5) is 19.9. The molecule has 3 heteroatoms. The van der Waals surface area contributed by atoms with Crippen molar-refractivity contribution in [1.82, 2.24) is 9.80 Å². The summed E-state index contributed by atoms with van der Waals surface area (Å²) in [6, 6.07) is 2.77. The van der Waals surface area contributed by atoms with Crippen molar-refractivity contribution in [1.29, 1.82) is 0 Å². The molecule has 0 aromatic carbocycles. The Balaban J connectivity index is 1.26. The van der Waals surface area contributed by atoms with Gasteiger partial charge in [-0.2, -0.15) is 0 Å². The largest absolute Gasteiger partial charge is 0.336 e. The van der Waals surface area contributed by atoms with E-state index in [1.54, 1.807) is 0 Å². The second-order valence-corrected chi connectivity index (χ2v) is 13.7. The highest BCUT2D eigenvalue weighted by Gasteiger charge is 2.39. The lowest BCUT2D eigenvalue weighted by Gasteiger charge is -2.46. The van der Waals surface area contributed by atoms with Gasteiger partial charge in [-0.25, -0.2) is 0 Å². The molecule has 1 amide bonds. The Morgan fingerprint density at radius 1 is 0.472 bits per heavy atom. The van der Waals surface area contributed by atoms with Crippen LogP contribution >= 0.6 is 0 Å². The minimum atomic E-state index is 0.313. The Hall–Kier alpha value is -0.570.